The summed E-state index contributed by atoms with van der Waals surface area (Å²) in [6.07, 6.45) is -1.01. The van der Waals surface area contributed by atoms with Crippen LogP contribution in [0, 0.1) is 0 Å². The summed E-state index contributed by atoms with van der Waals surface area (Å²) in [7, 11) is 0. The van der Waals surface area contributed by atoms with Gasteiger partial charge < -0.3 is 4.74 Å². The highest BCUT2D eigenvalue weighted by Gasteiger charge is 2.27. The van der Waals surface area contributed by atoms with Crippen molar-refractivity contribution in [1.82, 2.24) is 0 Å². The quantitative estimate of drug-likeness (QED) is 0.550. The first kappa shape index (κ1) is 10.8. The third kappa shape index (κ3) is 6.23. The molecule has 0 aromatic rings. The molecule has 0 aliphatic heterocycles. The van der Waals surface area contributed by atoms with E-state index in [1.807, 2.05) is 6.92 Å². The Kier molecular flexibility index (Phi) is 5.38. The minimum atomic E-state index is -2.90. The van der Waals surface area contributed by atoms with Gasteiger partial charge in [-0.3, -0.25) is 0 Å². The smallest absolute Gasteiger partial charge is 0.320 e. The number of hydrogen-bond acceptors (Lipinski definition) is 1. The first-order valence-electron chi connectivity index (χ1n) is 4.14. The van der Waals surface area contributed by atoms with E-state index in [1.54, 1.807) is 6.92 Å². The zero-order valence-electron chi connectivity index (χ0n) is 7.20. The van der Waals surface area contributed by atoms with Crippen LogP contribution < -0.4 is 0 Å². The molecular weight excluding hydrogens is 150 g/mol. The van der Waals surface area contributed by atoms with Gasteiger partial charge in [0.05, 0.1) is 6.61 Å². The Hall–Kier alpha value is -0.180. The van der Waals surface area contributed by atoms with Crippen molar-refractivity contribution in [2.45, 2.75) is 45.6 Å². The number of hydrogen-bond donors (Lipinski definition) is 0. The maximum Gasteiger partial charge on any atom is 0.355 e. The Bertz CT molecular complexity index is 94.1. The Morgan fingerprint density at radius 2 is 1.82 bits per heavy atom. The predicted molar refractivity (Wildman–Crippen MR) is 40.7 cm³/mol. The fourth-order valence-corrected chi connectivity index (χ4v) is 0.729. The second-order valence-electron chi connectivity index (χ2n) is 2.59. The molecule has 68 valence electrons. The topological polar surface area (TPSA) is 9.23 Å². The fraction of sp³-hybridized carbons (Fsp3) is 1.00. The van der Waals surface area contributed by atoms with Crippen LogP contribution in [0.4, 0.5) is 8.78 Å². The molecule has 3 heteroatoms. The highest BCUT2D eigenvalue weighted by Crippen LogP contribution is 2.21. The number of alkyl halides is 2. The van der Waals surface area contributed by atoms with Gasteiger partial charge in [0.15, 0.2) is 0 Å². The van der Waals surface area contributed by atoms with Crippen molar-refractivity contribution in [3.8, 4) is 0 Å². The molecule has 0 atom stereocenters. The van der Waals surface area contributed by atoms with Crippen molar-refractivity contribution in [1.29, 1.82) is 0 Å². The summed E-state index contributed by atoms with van der Waals surface area (Å²) in [5.74, 6) is 0. The summed E-state index contributed by atoms with van der Waals surface area (Å²) >= 11 is 0. The average Bonchev–Trinajstić information content (AvgIpc) is 1.87. The van der Waals surface area contributed by atoms with Gasteiger partial charge in [0.1, 0.15) is 0 Å². The summed E-state index contributed by atoms with van der Waals surface area (Å²) in [5, 5.41) is 0. The van der Waals surface area contributed by atoms with Gasteiger partial charge in [-0.15, -0.1) is 0 Å². The van der Waals surface area contributed by atoms with Gasteiger partial charge in [-0.25, -0.2) is 0 Å². The van der Waals surface area contributed by atoms with Gasteiger partial charge >= 0.3 is 6.11 Å². The SMILES string of the molecule is CCCCOC(F)(F)CCC. The first-order valence-corrected chi connectivity index (χ1v) is 4.14. The molecular formula is C8H16F2O. The van der Waals surface area contributed by atoms with Crippen molar-refractivity contribution in [3.63, 3.8) is 0 Å². The van der Waals surface area contributed by atoms with Crippen molar-refractivity contribution in [2.75, 3.05) is 6.61 Å². The Morgan fingerprint density at radius 3 is 2.27 bits per heavy atom. The molecule has 0 amide bonds. The molecule has 1 nitrogen and oxygen atoms in total. The molecule has 0 aliphatic carbocycles. The molecule has 0 aliphatic rings. The maximum atomic E-state index is 12.5. The molecule has 0 saturated carbocycles. The molecule has 0 rings (SSSR count). The molecule has 0 bridgehead atoms. The lowest BCUT2D eigenvalue weighted by Crippen LogP contribution is -2.20. The van der Waals surface area contributed by atoms with Crippen LogP contribution in [0.3, 0.4) is 0 Å². The van der Waals surface area contributed by atoms with E-state index in [0.717, 1.165) is 6.42 Å². The predicted octanol–water partition coefficient (Wildman–Crippen LogP) is 3.20. The molecule has 0 aromatic heterocycles. The average molecular weight is 166 g/mol. The van der Waals surface area contributed by atoms with Crippen LogP contribution in [0.1, 0.15) is 39.5 Å². The van der Waals surface area contributed by atoms with E-state index in [1.165, 1.54) is 0 Å². The number of halogens is 2. The lowest BCUT2D eigenvalue weighted by Gasteiger charge is -2.15. The van der Waals surface area contributed by atoms with E-state index >= 15 is 0 Å². The number of rotatable bonds is 6. The number of unbranched alkanes of at least 4 members (excludes halogenated alkanes) is 1. The fourth-order valence-electron chi connectivity index (χ4n) is 0.729. The van der Waals surface area contributed by atoms with E-state index in [9.17, 15) is 8.78 Å². The van der Waals surface area contributed by atoms with E-state index in [2.05, 4.69) is 4.74 Å². The summed E-state index contributed by atoms with van der Waals surface area (Å²) < 4.78 is 29.4. The van der Waals surface area contributed by atoms with Gasteiger partial charge in [0.25, 0.3) is 0 Å². The van der Waals surface area contributed by atoms with Crippen LogP contribution in [0.2, 0.25) is 0 Å². The standard InChI is InChI=1S/C8H16F2O/c1-3-5-7-11-8(9,10)6-4-2/h3-7H2,1-2H3. The molecule has 0 aromatic carbocycles. The van der Waals surface area contributed by atoms with Crippen LogP contribution >= 0.6 is 0 Å². The largest absolute Gasteiger partial charge is 0.355 e. The third-order valence-electron chi connectivity index (χ3n) is 1.35. The first-order chi connectivity index (χ1) is 5.12. The maximum absolute atomic E-state index is 12.5. The zero-order valence-corrected chi connectivity index (χ0v) is 7.20. The molecule has 0 spiro atoms. The Balaban J connectivity index is 3.38. The van der Waals surface area contributed by atoms with E-state index < -0.39 is 6.11 Å². The van der Waals surface area contributed by atoms with Crippen molar-refractivity contribution in [2.24, 2.45) is 0 Å². The normalized spacial score (nSPS) is 12.0. The molecule has 11 heavy (non-hydrogen) atoms. The molecule has 0 fully saturated rings. The van der Waals surface area contributed by atoms with Gasteiger partial charge in [-0.1, -0.05) is 20.3 Å². The van der Waals surface area contributed by atoms with Crippen LogP contribution in [0.15, 0.2) is 0 Å². The Morgan fingerprint density at radius 1 is 1.18 bits per heavy atom. The minimum Gasteiger partial charge on any atom is -0.320 e. The van der Waals surface area contributed by atoms with E-state index in [0.29, 0.717) is 12.8 Å². The molecule has 0 heterocycles. The van der Waals surface area contributed by atoms with Crippen molar-refractivity contribution < 1.29 is 13.5 Å². The molecule has 0 unspecified atom stereocenters. The van der Waals surface area contributed by atoms with Gasteiger partial charge in [-0.05, 0) is 12.8 Å². The molecule has 0 N–H and O–H groups in total. The van der Waals surface area contributed by atoms with Gasteiger partial charge in [0.2, 0.25) is 0 Å². The lowest BCUT2D eigenvalue weighted by molar-refractivity contribution is -0.242. The summed E-state index contributed by atoms with van der Waals surface area (Å²) in [4.78, 5) is 0. The highest BCUT2D eigenvalue weighted by atomic mass is 19.3. The van der Waals surface area contributed by atoms with E-state index in [-0.39, 0.29) is 13.0 Å². The van der Waals surface area contributed by atoms with Crippen LogP contribution in [-0.4, -0.2) is 12.7 Å². The Labute approximate surface area is 66.7 Å². The second-order valence-corrected chi connectivity index (χ2v) is 2.59. The van der Waals surface area contributed by atoms with Crippen molar-refractivity contribution in [3.05, 3.63) is 0 Å². The second kappa shape index (κ2) is 5.47. The van der Waals surface area contributed by atoms with E-state index in [4.69, 9.17) is 0 Å². The van der Waals surface area contributed by atoms with Gasteiger partial charge in [-0.2, -0.15) is 8.78 Å². The van der Waals surface area contributed by atoms with Crippen LogP contribution in [0.25, 0.3) is 0 Å². The van der Waals surface area contributed by atoms with Crippen LogP contribution in [0.5, 0.6) is 0 Å². The van der Waals surface area contributed by atoms with Crippen molar-refractivity contribution >= 4 is 0 Å². The summed E-state index contributed by atoms with van der Waals surface area (Å²) in [5.41, 5.74) is 0. The highest BCUT2D eigenvalue weighted by molar-refractivity contribution is 4.50. The number of ether oxygens (including phenoxy) is 1. The molecule has 0 saturated heterocycles. The van der Waals surface area contributed by atoms with Gasteiger partial charge in [0, 0.05) is 6.42 Å². The molecule has 0 radical (unpaired) electrons. The summed E-state index contributed by atoms with van der Waals surface area (Å²) in [6.45, 7) is 3.84. The third-order valence-corrected chi connectivity index (χ3v) is 1.35. The van der Waals surface area contributed by atoms with Crippen LogP contribution in [-0.2, 0) is 4.74 Å². The lowest BCUT2D eigenvalue weighted by atomic mass is 10.3. The zero-order chi connectivity index (χ0) is 8.74. The monoisotopic (exact) mass is 166 g/mol. The summed E-state index contributed by atoms with van der Waals surface area (Å²) in [6, 6.07) is 0. The minimum absolute atomic E-state index is 0.170.